The normalized spacial score (nSPS) is 22.2. The van der Waals surface area contributed by atoms with Crippen molar-refractivity contribution >= 4 is 27.7 Å². The molecule has 1 aromatic carbocycles. The number of nitrogens with zero attached hydrogens (tertiary/aromatic N) is 1. The van der Waals surface area contributed by atoms with E-state index in [-0.39, 0.29) is 11.8 Å². The molecule has 2 atom stereocenters. The van der Waals surface area contributed by atoms with Crippen LogP contribution in [0.25, 0.3) is 0 Å². The van der Waals surface area contributed by atoms with Crippen LogP contribution in [0.5, 0.6) is 5.75 Å². The van der Waals surface area contributed by atoms with Gasteiger partial charge in [0.25, 0.3) is 0 Å². The zero-order chi connectivity index (χ0) is 15.6. The molecule has 1 aromatic rings. The summed E-state index contributed by atoms with van der Waals surface area (Å²) in [7, 11) is 1.60. The Morgan fingerprint density at radius 2 is 2.10 bits per heavy atom. The van der Waals surface area contributed by atoms with Crippen LogP contribution in [0, 0.1) is 0 Å². The van der Waals surface area contributed by atoms with Gasteiger partial charge in [-0.1, -0.05) is 13.0 Å². The lowest BCUT2D eigenvalue weighted by atomic mass is 10.0. The van der Waals surface area contributed by atoms with E-state index < -0.39 is 12.1 Å². The maximum atomic E-state index is 12.4. The first-order chi connectivity index (χ1) is 9.97. The highest BCUT2D eigenvalue weighted by atomic mass is 79.9. The van der Waals surface area contributed by atoms with E-state index in [1.165, 1.54) is 0 Å². The van der Waals surface area contributed by atoms with Crippen molar-refractivity contribution in [3.63, 3.8) is 0 Å². The SMILES string of the molecule is CCC1NC(=O)C(C)N(Cc2ccc(OC)c(Br)c2)C1=O. The van der Waals surface area contributed by atoms with Gasteiger partial charge in [-0.15, -0.1) is 0 Å². The number of amides is 2. The van der Waals surface area contributed by atoms with Gasteiger partial charge in [-0.2, -0.15) is 0 Å². The molecule has 0 saturated carbocycles. The molecule has 1 aliphatic heterocycles. The van der Waals surface area contributed by atoms with Crippen LogP contribution in [-0.4, -0.2) is 35.9 Å². The number of halogens is 1. The van der Waals surface area contributed by atoms with E-state index in [4.69, 9.17) is 4.74 Å². The predicted molar refractivity (Wildman–Crippen MR) is 82.9 cm³/mol. The van der Waals surface area contributed by atoms with Gasteiger partial charge in [-0.25, -0.2) is 0 Å². The second kappa shape index (κ2) is 6.47. The van der Waals surface area contributed by atoms with Crippen molar-refractivity contribution in [2.24, 2.45) is 0 Å². The summed E-state index contributed by atoms with van der Waals surface area (Å²) in [6.07, 6.45) is 0.597. The monoisotopic (exact) mass is 354 g/mol. The summed E-state index contributed by atoms with van der Waals surface area (Å²) in [5, 5.41) is 2.75. The maximum Gasteiger partial charge on any atom is 0.246 e. The number of piperazine rings is 1. The summed E-state index contributed by atoms with van der Waals surface area (Å²) in [4.78, 5) is 26.0. The van der Waals surface area contributed by atoms with Gasteiger partial charge in [0.05, 0.1) is 11.6 Å². The lowest BCUT2D eigenvalue weighted by Gasteiger charge is -2.37. The maximum absolute atomic E-state index is 12.4. The van der Waals surface area contributed by atoms with Crippen LogP contribution >= 0.6 is 15.9 Å². The molecule has 6 heteroatoms. The minimum absolute atomic E-state index is 0.0310. The fourth-order valence-corrected chi connectivity index (χ4v) is 2.97. The van der Waals surface area contributed by atoms with E-state index in [0.717, 1.165) is 15.8 Å². The van der Waals surface area contributed by atoms with Gasteiger partial charge < -0.3 is 15.0 Å². The molecule has 1 saturated heterocycles. The Bertz CT molecular complexity index is 562. The zero-order valence-corrected chi connectivity index (χ0v) is 13.9. The van der Waals surface area contributed by atoms with Crippen LogP contribution in [0.2, 0.25) is 0 Å². The number of ether oxygens (including phenoxy) is 1. The number of hydrogen-bond donors (Lipinski definition) is 1. The van der Waals surface area contributed by atoms with Gasteiger partial charge in [0.1, 0.15) is 17.8 Å². The van der Waals surface area contributed by atoms with Crippen LogP contribution < -0.4 is 10.1 Å². The minimum atomic E-state index is -0.457. The molecule has 2 rings (SSSR count). The summed E-state index contributed by atoms with van der Waals surface area (Å²) in [6, 6.07) is 4.77. The standard InChI is InChI=1S/C15H19BrN2O3/c1-4-12-15(20)18(9(2)14(19)17-12)8-10-5-6-13(21-3)11(16)7-10/h5-7,9,12H,4,8H2,1-3H3,(H,17,19). The lowest BCUT2D eigenvalue weighted by molar-refractivity contribution is -0.149. The van der Waals surface area contributed by atoms with Crippen molar-refractivity contribution in [1.82, 2.24) is 10.2 Å². The van der Waals surface area contributed by atoms with E-state index in [1.807, 2.05) is 25.1 Å². The fraction of sp³-hybridized carbons (Fsp3) is 0.467. The Balaban J connectivity index is 2.21. The Kier molecular flexibility index (Phi) is 4.88. The van der Waals surface area contributed by atoms with Crippen LogP contribution in [0.4, 0.5) is 0 Å². The van der Waals surface area contributed by atoms with E-state index >= 15 is 0 Å². The second-order valence-corrected chi connectivity index (χ2v) is 5.93. The Morgan fingerprint density at radius 1 is 1.38 bits per heavy atom. The molecule has 0 spiro atoms. The summed E-state index contributed by atoms with van der Waals surface area (Å²) in [5.41, 5.74) is 0.951. The highest BCUT2D eigenvalue weighted by Gasteiger charge is 2.36. The second-order valence-electron chi connectivity index (χ2n) is 5.08. The van der Waals surface area contributed by atoms with Crippen molar-refractivity contribution < 1.29 is 14.3 Å². The first-order valence-electron chi connectivity index (χ1n) is 6.91. The molecule has 1 heterocycles. The van der Waals surface area contributed by atoms with E-state index in [0.29, 0.717) is 13.0 Å². The molecule has 0 aromatic heterocycles. The summed E-state index contributed by atoms with van der Waals surface area (Å²) in [6.45, 7) is 4.05. The minimum Gasteiger partial charge on any atom is -0.496 e. The van der Waals surface area contributed by atoms with Gasteiger partial charge in [0, 0.05) is 6.54 Å². The molecule has 1 fully saturated rings. The molecular formula is C15H19BrN2O3. The molecule has 0 aliphatic carbocycles. The number of hydrogen-bond acceptors (Lipinski definition) is 3. The summed E-state index contributed by atoms with van der Waals surface area (Å²) >= 11 is 3.43. The van der Waals surface area contributed by atoms with Crippen molar-refractivity contribution in [3.05, 3.63) is 28.2 Å². The van der Waals surface area contributed by atoms with E-state index in [1.54, 1.807) is 18.9 Å². The van der Waals surface area contributed by atoms with Crippen molar-refractivity contribution in [3.8, 4) is 5.75 Å². The number of carbonyl (C=O) groups excluding carboxylic acids is 2. The fourth-order valence-electron chi connectivity index (χ4n) is 2.38. The van der Waals surface area contributed by atoms with Gasteiger partial charge in [-0.3, -0.25) is 9.59 Å². The third-order valence-electron chi connectivity index (χ3n) is 3.72. The molecule has 2 unspecified atom stereocenters. The Hall–Kier alpha value is -1.56. The number of methoxy groups -OCH3 is 1. The van der Waals surface area contributed by atoms with Gasteiger partial charge >= 0.3 is 0 Å². The van der Waals surface area contributed by atoms with Crippen molar-refractivity contribution in [2.45, 2.75) is 38.9 Å². The molecule has 0 bridgehead atoms. The van der Waals surface area contributed by atoms with Crippen LogP contribution in [0.15, 0.2) is 22.7 Å². The quantitative estimate of drug-likeness (QED) is 0.900. The third-order valence-corrected chi connectivity index (χ3v) is 4.34. The first kappa shape index (κ1) is 15.8. The molecule has 0 radical (unpaired) electrons. The van der Waals surface area contributed by atoms with Gasteiger partial charge in [0.15, 0.2) is 0 Å². The highest BCUT2D eigenvalue weighted by molar-refractivity contribution is 9.10. The number of nitrogens with one attached hydrogen (secondary N) is 1. The molecular weight excluding hydrogens is 336 g/mol. The molecule has 2 amide bonds. The molecule has 114 valence electrons. The van der Waals surface area contributed by atoms with Crippen molar-refractivity contribution in [1.29, 1.82) is 0 Å². The molecule has 1 aliphatic rings. The number of carbonyl (C=O) groups is 2. The van der Waals surface area contributed by atoms with Crippen LogP contribution in [0.3, 0.4) is 0 Å². The Morgan fingerprint density at radius 3 is 2.67 bits per heavy atom. The average molecular weight is 355 g/mol. The lowest BCUT2D eigenvalue weighted by Crippen LogP contribution is -2.61. The van der Waals surface area contributed by atoms with Crippen LogP contribution in [0.1, 0.15) is 25.8 Å². The van der Waals surface area contributed by atoms with Gasteiger partial charge in [-0.05, 0) is 47.0 Å². The molecule has 21 heavy (non-hydrogen) atoms. The molecule has 5 nitrogen and oxygen atoms in total. The largest absolute Gasteiger partial charge is 0.496 e. The van der Waals surface area contributed by atoms with Crippen LogP contribution in [-0.2, 0) is 16.1 Å². The zero-order valence-electron chi connectivity index (χ0n) is 12.4. The average Bonchev–Trinajstić information content (AvgIpc) is 2.47. The van der Waals surface area contributed by atoms with E-state index in [9.17, 15) is 9.59 Å². The first-order valence-corrected chi connectivity index (χ1v) is 7.70. The predicted octanol–water partition coefficient (Wildman–Crippen LogP) is 2.08. The number of rotatable bonds is 4. The molecule has 1 N–H and O–H groups in total. The summed E-state index contributed by atoms with van der Waals surface area (Å²) < 4.78 is 6.02. The van der Waals surface area contributed by atoms with Gasteiger partial charge in [0.2, 0.25) is 11.8 Å². The highest BCUT2D eigenvalue weighted by Crippen LogP contribution is 2.27. The topological polar surface area (TPSA) is 58.6 Å². The van der Waals surface area contributed by atoms with E-state index in [2.05, 4.69) is 21.2 Å². The Labute approximate surface area is 132 Å². The smallest absolute Gasteiger partial charge is 0.246 e. The number of benzene rings is 1. The summed E-state index contributed by atoms with van der Waals surface area (Å²) in [5.74, 6) is 0.603. The van der Waals surface area contributed by atoms with Crippen molar-refractivity contribution in [2.75, 3.05) is 7.11 Å². The third kappa shape index (κ3) is 3.20.